The summed E-state index contributed by atoms with van der Waals surface area (Å²) in [4.78, 5) is 21.9. The minimum Gasteiger partial charge on any atom is -0.333 e. The first-order chi connectivity index (χ1) is 8.79. The second kappa shape index (κ2) is 5.21. The smallest absolute Gasteiger partial charge is 0.265 e. The van der Waals surface area contributed by atoms with Gasteiger partial charge in [-0.2, -0.15) is 0 Å². The molecule has 1 aromatic rings. The van der Waals surface area contributed by atoms with Crippen LogP contribution in [0.25, 0.3) is 0 Å². The highest BCUT2D eigenvalue weighted by atomic mass is 32.1. The molecule has 1 aromatic heterocycles. The van der Waals surface area contributed by atoms with E-state index in [4.69, 9.17) is 0 Å². The molecular weight excluding hydrogens is 258 g/mol. The van der Waals surface area contributed by atoms with Crippen LogP contribution in [0.3, 0.4) is 0 Å². The van der Waals surface area contributed by atoms with Crippen molar-refractivity contribution in [1.82, 2.24) is 14.8 Å². The largest absolute Gasteiger partial charge is 0.333 e. The zero-order valence-corrected chi connectivity index (χ0v) is 13.3. The Labute approximate surface area is 119 Å². The Bertz CT molecular complexity index is 464. The molecule has 5 heteroatoms. The number of hydrogen-bond donors (Lipinski definition) is 0. The number of nitrogens with zero attached hydrogens (tertiary/aromatic N) is 3. The lowest BCUT2D eigenvalue weighted by atomic mass is 9.98. The maximum Gasteiger partial charge on any atom is 0.265 e. The number of thiazole rings is 1. The standard InChI is InChI=1S/C14H23N3OS/c1-10-9-16(5)6-7-17(10)12(18)11-8-15-13(19-11)14(2,3)4/h8,10H,6-7,9H2,1-5H3. The minimum absolute atomic E-state index is 0.0108. The molecule has 1 unspecified atom stereocenters. The Kier molecular flexibility index (Phi) is 3.97. The average Bonchev–Trinajstić information content (AvgIpc) is 2.76. The zero-order valence-electron chi connectivity index (χ0n) is 12.4. The van der Waals surface area contributed by atoms with E-state index >= 15 is 0 Å². The Morgan fingerprint density at radius 3 is 2.63 bits per heavy atom. The summed E-state index contributed by atoms with van der Waals surface area (Å²) < 4.78 is 0. The highest BCUT2D eigenvalue weighted by Gasteiger charge is 2.28. The first kappa shape index (κ1) is 14.5. The van der Waals surface area contributed by atoms with Crippen molar-refractivity contribution in [2.24, 2.45) is 0 Å². The van der Waals surface area contributed by atoms with Gasteiger partial charge in [0, 0.05) is 31.1 Å². The predicted molar refractivity (Wildman–Crippen MR) is 78.8 cm³/mol. The van der Waals surface area contributed by atoms with E-state index < -0.39 is 0 Å². The van der Waals surface area contributed by atoms with Crippen molar-refractivity contribution in [2.45, 2.75) is 39.2 Å². The van der Waals surface area contributed by atoms with Crippen LogP contribution in [0.15, 0.2) is 6.20 Å². The molecule has 1 aliphatic heterocycles. The van der Waals surface area contributed by atoms with Crippen molar-refractivity contribution in [3.63, 3.8) is 0 Å². The van der Waals surface area contributed by atoms with Crippen LogP contribution in [0.4, 0.5) is 0 Å². The Balaban J connectivity index is 2.14. The molecule has 0 spiro atoms. The van der Waals surface area contributed by atoms with Crippen molar-refractivity contribution >= 4 is 17.2 Å². The van der Waals surface area contributed by atoms with E-state index in [1.807, 2.05) is 4.90 Å². The number of carbonyl (C=O) groups excluding carboxylic acids is 1. The summed E-state index contributed by atoms with van der Waals surface area (Å²) in [6.07, 6.45) is 1.73. The number of rotatable bonds is 1. The molecule has 1 saturated heterocycles. The van der Waals surface area contributed by atoms with Gasteiger partial charge in [-0.1, -0.05) is 20.8 Å². The monoisotopic (exact) mass is 281 g/mol. The Morgan fingerprint density at radius 1 is 1.42 bits per heavy atom. The van der Waals surface area contributed by atoms with Crippen LogP contribution in [0.1, 0.15) is 42.4 Å². The fourth-order valence-electron chi connectivity index (χ4n) is 2.30. The lowest BCUT2D eigenvalue weighted by Crippen LogP contribution is -2.52. The lowest BCUT2D eigenvalue weighted by molar-refractivity contribution is 0.0538. The van der Waals surface area contributed by atoms with E-state index in [0.29, 0.717) is 0 Å². The number of piperazine rings is 1. The molecule has 0 N–H and O–H groups in total. The third kappa shape index (κ3) is 3.15. The molecule has 19 heavy (non-hydrogen) atoms. The molecule has 106 valence electrons. The third-order valence-electron chi connectivity index (χ3n) is 3.45. The maximum absolute atomic E-state index is 12.5. The van der Waals surface area contributed by atoms with E-state index in [1.54, 1.807) is 6.20 Å². The van der Waals surface area contributed by atoms with Crippen LogP contribution in [-0.4, -0.2) is 53.4 Å². The second-order valence-electron chi connectivity index (χ2n) is 6.39. The molecule has 0 bridgehead atoms. The summed E-state index contributed by atoms with van der Waals surface area (Å²) >= 11 is 1.53. The Morgan fingerprint density at radius 2 is 2.11 bits per heavy atom. The van der Waals surface area contributed by atoms with Gasteiger partial charge in [-0.25, -0.2) is 4.98 Å². The van der Waals surface area contributed by atoms with Gasteiger partial charge in [-0.15, -0.1) is 11.3 Å². The molecular formula is C14H23N3OS. The van der Waals surface area contributed by atoms with Gasteiger partial charge in [0.1, 0.15) is 4.88 Å². The Hall–Kier alpha value is -0.940. The van der Waals surface area contributed by atoms with Gasteiger partial charge in [-0.05, 0) is 14.0 Å². The maximum atomic E-state index is 12.5. The predicted octanol–water partition coefficient (Wildman–Crippen LogP) is 2.22. The SMILES string of the molecule is CC1CN(C)CCN1C(=O)c1cnc(C(C)(C)C)s1. The van der Waals surface area contributed by atoms with Gasteiger partial charge in [0.2, 0.25) is 0 Å². The first-order valence-electron chi connectivity index (χ1n) is 6.75. The highest BCUT2D eigenvalue weighted by molar-refractivity contribution is 7.13. The number of hydrogen-bond acceptors (Lipinski definition) is 4. The summed E-state index contributed by atoms with van der Waals surface area (Å²) in [5.41, 5.74) is 0.0108. The van der Waals surface area contributed by atoms with E-state index in [0.717, 1.165) is 29.5 Å². The minimum atomic E-state index is 0.0108. The highest BCUT2D eigenvalue weighted by Crippen LogP contribution is 2.28. The summed E-state index contributed by atoms with van der Waals surface area (Å²) in [6.45, 7) is 11.2. The van der Waals surface area contributed by atoms with Gasteiger partial charge in [0.05, 0.1) is 11.2 Å². The van der Waals surface area contributed by atoms with Crippen LogP contribution in [0.2, 0.25) is 0 Å². The number of aromatic nitrogens is 1. The van der Waals surface area contributed by atoms with Crippen molar-refractivity contribution < 1.29 is 4.79 Å². The second-order valence-corrected chi connectivity index (χ2v) is 7.42. The van der Waals surface area contributed by atoms with E-state index in [-0.39, 0.29) is 17.4 Å². The number of carbonyl (C=O) groups is 1. The molecule has 1 atom stereocenters. The normalized spacial score (nSPS) is 21.7. The molecule has 1 fully saturated rings. The van der Waals surface area contributed by atoms with Crippen molar-refractivity contribution in [1.29, 1.82) is 0 Å². The molecule has 2 heterocycles. The molecule has 0 radical (unpaired) electrons. The van der Waals surface area contributed by atoms with Gasteiger partial charge in [-0.3, -0.25) is 4.79 Å². The molecule has 0 aromatic carbocycles. The molecule has 2 rings (SSSR count). The van der Waals surface area contributed by atoms with Crippen LogP contribution in [0, 0.1) is 0 Å². The fourth-order valence-corrected chi connectivity index (χ4v) is 3.23. The van der Waals surface area contributed by atoms with Crippen LogP contribution in [-0.2, 0) is 5.41 Å². The van der Waals surface area contributed by atoms with Gasteiger partial charge in [0.15, 0.2) is 0 Å². The lowest BCUT2D eigenvalue weighted by Gasteiger charge is -2.37. The summed E-state index contributed by atoms with van der Waals surface area (Å²) in [5.74, 6) is 0.133. The van der Waals surface area contributed by atoms with Crippen LogP contribution >= 0.6 is 11.3 Å². The number of amides is 1. The quantitative estimate of drug-likeness (QED) is 0.792. The summed E-state index contributed by atoms with van der Waals surface area (Å²) in [5, 5.41) is 1.03. The van der Waals surface area contributed by atoms with E-state index in [2.05, 4.69) is 44.6 Å². The summed E-state index contributed by atoms with van der Waals surface area (Å²) in [7, 11) is 2.10. The van der Waals surface area contributed by atoms with Crippen molar-refractivity contribution in [2.75, 3.05) is 26.7 Å². The van der Waals surface area contributed by atoms with Crippen LogP contribution in [0.5, 0.6) is 0 Å². The van der Waals surface area contributed by atoms with Crippen molar-refractivity contribution in [3.8, 4) is 0 Å². The van der Waals surface area contributed by atoms with Crippen molar-refractivity contribution in [3.05, 3.63) is 16.1 Å². The number of likely N-dealkylation sites (N-methyl/N-ethyl adjacent to an activating group) is 1. The van der Waals surface area contributed by atoms with Crippen LogP contribution < -0.4 is 0 Å². The van der Waals surface area contributed by atoms with Gasteiger partial charge < -0.3 is 9.80 Å². The van der Waals surface area contributed by atoms with E-state index in [1.165, 1.54) is 11.3 Å². The molecule has 0 aliphatic carbocycles. The summed E-state index contributed by atoms with van der Waals surface area (Å²) in [6, 6.07) is 0.270. The molecule has 1 aliphatic rings. The zero-order chi connectivity index (χ0) is 14.2. The average molecular weight is 281 g/mol. The van der Waals surface area contributed by atoms with Gasteiger partial charge >= 0.3 is 0 Å². The first-order valence-corrected chi connectivity index (χ1v) is 7.56. The molecule has 4 nitrogen and oxygen atoms in total. The molecule has 0 saturated carbocycles. The molecule has 1 amide bonds. The fraction of sp³-hybridized carbons (Fsp3) is 0.714. The van der Waals surface area contributed by atoms with Gasteiger partial charge in [0.25, 0.3) is 5.91 Å². The third-order valence-corrected chi connectivity index (χ3v) is 4.86. The topological polar surface area (TPSA) is 36.4 Å². The van der Waals surface area contributed by atoms with E-state index in [9.17, 15) is 4.79 Å².